The number of furan rings is 1. The summed E-state index contributed by atoms with van der Waals surface area (Å²) in [5, 5.41) is 2.62. The fraction of sp³-hybridized carbons (Fsp3) is 0.429. The molecule has 1 fully saturated rings. The molecule has 1 aliphatic heterocycles. The number of amides is 1. The predicted octanol–water partition coefficient (Wildman–Crippen LogP) is 3.20. The number of hydrogen-bond acceptors (Lipinski definition) is 5. The summed E-state index contributed by atoms with van der Waals surface area (Å²) in [6, 6.07) is 1.99. The molecule has 0 saturated carbocycles. The molecule has 2 aromatic rings. The molecule has 0 aromatic carbocycles. The maximum Gasteiger partial charge on any atom is 0.273 e. The summed E-state index contributed by atoms with van der Waals surface area (Å²) >= 11 is 1.46. The second kappa shape index (κ2) is 8.53. The van der Waals surface area contributed by atoms with Crippen molar-refractivity contribution in [2.45, 2.75) is 25.3 Å². The van der Waals surface area contributed by atoms with Gasteiger partial charge in [-0.3, -0.25) is 4.79 Å². The third-order valence-electron chi connectivity index (χ3n) is 3.65. The van der Waals surface area contributed by atoms with Crippen molar-refractivity contribution in [1.82, 2.24) is 9.88 Å². The van der Waals surface area contributed by atoms with Gasteiger partial charge >= 0.3 is 0 Å². The van der Waals surface area contributed by atoms with Crippen LogP contribution in [0.25, 0.3) is 10.6 Å². The first kappa shape index (κ1) is 19.0. The van der Waals surface area contributed by atoms with Gasteiger partial charge in [0.2, 0.25) is 0 Å². The largest absolute Gasteiger partial charge is 0.472 e. The van der Waals surface area contributed by atoms with Crippen LogP contribution in [-0.2, 0) is 0 Å². The molecule has 2 N–H and O–H groups in total. The molecule has 1 saturated heterocycles. The molecule has 0 radical (unpaired) electrons. The van der Waals surface area contributed by atoms with E-state index in [0.717, 1.165) is 36.4 Å². The zero-order valence-corrected chi connectivity index (χ0v) is 14.4. The highest BCUT2D eigenvalue weighted by atomic mass is 35.5. The minimum atomic E-state index is -0.00820. The van der Waals surface area contributed by atoms with Crippen LogP contribution in [0.5, 0.6) is 0 Å². The van der Waals surface area contributed by atoms with Crippen LogP contribution in [0.3, 0.4) is 0 Å². The van der Waals surface area contributed by atoms with Crippen molar-refractivity contribution in [3.8, 4) is 10.6 Å². The molecule has 1 aliphatic rings. The Hall–Kier alpha value is -1.08. The lowest BCUT2D eigenvalue weighted by Crippen LogP contribution is -2.47. The second-order valence-electron chi connectivity index (χ2n) is 4.93. The van der Waals surface area contributed by atoms with Crippen LogP contribution in [0.2, 0.25) is 0 Å². The SMILES string of the molecule is Cl.Cl.NCC1CCCCN1C(=O)c1csc(-c2ccoc2)n1. The fourth-order valence-electron chi connectivity index (χ4n) is 2.55. The van der Waals surface area contributed by atoms with Crippen molar-refractivity contribution in [2.24, 2.45) is 5.73 Å². The maximum atomic E-state index is 12.5. The highest BCUT2D eigenvalue weighted by Gasteiger charge is 2.27. The third-order valence-corrected chi connectivity index (χ3v) is 4.54. The normalized spacial score (nSPS) is 17.5. The smallest absolute Gasteiger partial charge is 0.273 e. The van der Waals surface area contributed by atoms with Crippen LogP contribution >= 0.6 is 36.2 Å². The summed E-state index contributed by atoms with van der Waals surface area (Å²) < 4.78 is 5.04. The van der Waals surface area contributed by atoms with Crippen molar-refractivity contribution >= 4 is 42.1 Å². The molecule has 2 aromatic heterocycles. The van der Waals surface area contributed by atoms with Crippen molar-refractivity contribution in [2.75, 3.05) is 13.1 Å². The van der Waals surface area contributed by atoms with Gasteiger partial charge in [0.05, 0.1) is 6.26 Å². The van der Waals surface area contributed by atoms with Gasteiger partial charge in [-0.15, -0.1) is 36.2 Å². The Labute approximate surface area is 145 Å². The molecular weight excluding hydrogens is 345 g/mol. The van der Waals surface area contributed by atoms with E-state index in [1.807, 2.05) is 16.3 Å². The van der Waals surface area contributed by atoms with E-state index in [-0.39, 0.29) is 36.8 Å². The number of halogens is 2. The first-order valence-electron chi connectivity index (χ1n) is 6.78. The molecule has 0 bridgehead atoms. The summed E-state index contributed by atoms with van der Waals surface area (Å²) in [4.78, 5) is 18.8. The molecular formula is C14H19Cl2N3O2S. The minimum Gasteiger partial charge on any atom is -0.472 e. The maximum absolute atomic E-state index is 12.5. The summed E-state index contributed by atoms with van der Waals surface area (Å²) in [6.45, 7) is 1.30. The van der Waals surface area contributed by atoms with Gasteiger partial charge in [-0.1, -0.05) is 0 Å². The zero-order valence-electron chi connectivity index (χ0n) is 11.9. The van der Waals surface area contributed by atoms with Crippen molar-refractivity contribution in [3.05, 3.63) is 29.7 Å². The number of likely N-dealkylation sites (tertiary alicyclic amines) is 1. The molecule has 8 heteroatoms. The number of carbonyl (C=O) groups is 1. The van der Waals surface area contributed by atoms with Gasteiger partial charge < -0.3 is 15.1 Å². The molecule has 1 amide bonds. The molecule has 122 valence electrons. The third kappa shape index (κ3) is 3.81. The monoisotopic (exact) mass is 363 g/mol. The lowest BCUT2D eigenvalue weighted by atomic mass is 10.0. The van der Waals surface area contributed by atoms with E-state index in [4.69, 9.17) is 10.2 Å². The van der Waals surface area contributed by atoms with Crippen molar-refractivity contribution in [1.29, 1.82) is 0 Å². The van der Waals surface area contributed by atoms with Gasteiger partial charge in [-0.25, -0.2) is 4.98 Å². The van der Waals surface area contributed by atoms with Gasteiger partial charge in [0, 0.05) is 30.1 Å². The van der Waals surface area contributed by atoms with E-state index in [1.165, 1.54) is 11.3 Å². The number of hydrogen-bond donors (Lipinski definition) is 1. The van der Waals surface area contributed by atoms with Gasteiger partial charge in [0.15, 0.2) is 0 Å². The van der Waals surface area contributed by atoms with Crippen LogP contribution in [0.4, 0.5) is 0 Å². The van der Waals surface area contributed by atoms with Crippen LogP contribution in [0, 0.1) is 0 Å². The predicted molar refractivity (Wildman–Crippen MR) is 92.0 cm³/mol. The van der Waals surface area contributed by atoms with Crippen LogP contribution < -0.4 is 5.73 Å². The Kier molecular flexibility index (Phi) is 7.35. The van der Waals surface area contributed by atoms with Crippen molar-refractivity contribution in [3.63, 3.8) is 0 Å². The molecule has 1 atom stereocenters. The minimum absolute atomic E-state index is 0. The second-order valence-corrected chi connectivity index (χ2v) is 5.79. The van der Waals surface area contributed by atoms with Gasteiger partial charge in [-0.2, -0.15) is 0 Å². The van der Waals surface area contributed by atoms with E-state index in [2.05, 4.69) is 4.98 Å². The van der Waals surface area contributed by atoms with Gasteiger partial charge in [-0.05, 0) is 25.3 Å². The number of piperidine rings is 1. The lowest BCUT2D eigenvalue weighted by molar-refractivity contribution is 0.0618. The number of aromatic nitrogens is 1. The topological polar surface area (TPSA) is 72.4 Å². The molecule has 5 nitrogen and oxygen atoms in total. The van der Waals surface area contributed by atoms with E-state index in [9.17, 15) is 4.79 Å². The van der Waals surface area contributed by atoms with Crippen LogP contribution in [0.1, 0.15) is 29.8 Å². The van der Waals surface area contributed by atoms with Crippen LogP contribution in [0.15, 0.2) is 28.4 Å². The summed E-state index contributed by atoms with van der Waals surface area (Å²) in [7, 11) is 0. The number of rotatable bonds is 3. The summed E-state index contributed by atoms with van der Waals surface area (Å²) in [6.07, 6.45) is 6.41. The fourth-order valence-corrected chi connectivity index (χ4v) is 3.33. The van der Waals surface area contributed by atoms with Gasteiger partial charge in [0.25, 0.3) is 5.91 Å². The van der Waals surface area contributed by atoms with E-state index in [1.54, 1.807) is 12.5 Å². The number of carbonyl (C=O) groups excluding carboxylic acids is 1. The quantitative estimate of drug-likeness (QED) is 0.908. The number of thiazole rings is 1. The summed E-state index contributed by atoms with van der Waals surface area (Å²) in [5.74, 6) is -0.00820. The first-order chi connectivity index (χ1) is 9.79. The average molecular weight is 364 g/mol. The first-order valence-corrected chi connectivity index (χ1v) is 7.66. The average Bonchev–Trinajstić information content (AvgIpc) is 3.16. The molecule has 22 heavy (non-hydrogen) atoms. The molecule has 0 aliphatic carbocycles. The Balaban J connectivity index is 0.00000121. The molecule has 3 rings (SSSR count). The Bertz CT molecular complexity index is 589. The van der Waals surface area contributed by atoms with Crippen LogP contribution in [-0.4, -0.2) is 34.9 Å². The van der Waals surface area contributed by atoms with E-state index in [0.29, 0.717) is 12.2 Å². The molecule has 1 unspecified atom stereocenters. The Morgan fingerprint density at radius 1 is 1.45 bits per heavy atom. The number of nitrogens with zero attached hydrogens (tertiary/aromatic N) is 2. The summed E-state index contributed by atoms with van der Waals surface area (Å²) in [5.41, 5.74) is 7.18. The number of nitrogens with two attached hydrogens (primary N) is 1. The zero-order chi connectivity index (χ0) is 13.9. The highest BCUT2D eigenvalue weighted by molar-refractivity contribution is 7.13. The van der Waals surface area contributed by atoms with E-state index < -0.39 is 0 Å². The lowest BCUT2D eigenvalue weighted by Gasteiger charge is -2.34. The molecule has 0 spiro atoms. The Morgan fingerprint density at radius 2 is 2.27 bits per heavy atom. The van der Waals surface area contributed by atoms with Crippen molar-refractivity contribution < 1.29 is 9.21 Å². The highest BCUT2D eigenvalue weighted by Crippen LogP contribution is 2.26. The van der Waals surface area contributed by atoms with E-state index >= 15 is 0 Å². The molecule has 3 heterocycles. The standard InChI is InChI=1S/C14H17N3O2S.2ClH/c15-7-11-3-1-2-5-17(11)14(18)12-9-20-13(16-12)10-4-6-19-8-10;;/h4,6,8-9,11H,1-3,5,7,15H2;2*1H. The Morgan fingerprint density at radius 3 is 2.95 bits per heavy atom. The van der Waals surface area contributed by atoms with Gasteiger partial charge in [0.1, 0.15) is 17.0 Å².